The summed E-state index contributed by atoms with van der Waals surface area (Å²) in [6.45, 7) is 3.20. The van der Waals surface area contributed by atoms with E-state index in [0.717, 1.165) is 17.7 Å². The molecule has 29 heavy (non-hydrogen) atoms. The van der Waals surface area contributed by atoms with Crippen LogP contribution in [0.5, 0.6) is 5.75 Å². The normalized spacial score (nSPS) is 11.0. The quantitative estimate of drug-likeness (QED) is 0.642. The number of hydrogen-bond acceptors (Lipinski definition) is 5. The summed E-state index contributed by atoms with van der Waals surface area (Å²) in [6, 6.07) is 10.6. The molecule has 1 aromatic heterocycles. The molecular weight excluding hydrogens is 385 g/mol. The fourth-order valence-electron chi connectivity index (χ4n) is 2.77. The van der Waals surface area contributed by atoms with Crippen molar-refractivity contribution in [1.29, 1.82) is 5.26 Å². The Morgan fingerprint density at radius 2 is 1.90 bits per heavy atom. The van der Waals surface area contributed by atoms with Gasteiger partial charge in [-0.15, -0.1) is 13.2 Å². The minimum absolute atomic E-state index is 0.241. The summed E-state index contributed by atoms with van der Waals surface area (Å²) in [5, 5.41) is 15.8. The van der Waals surface area contributed by atoms with E-state index in [2.05, 4.69) is 20.4 Å². The second-order valence-electron chi connectivity index (χ2n) is 6.22. The molecule has 0 aliphatic rings. The van der Waals surface area contributed by atoms with E-state index in [1.54, 1.807) is 12.1 Å². The van der Waals surface area contributed by atoms with E-state index in [0.29, 0.717) is 28.0 Å². The Kier molecular flexibility index (Phi) is 5.28. The molecule has 0 bridgehead atoms. The van der Waals surface area contributed by atoms with Crippen LogP contribution < -0.4 is 15.4 Å². The topological polar surface area (TPSA) is 87.0 Å². The SMILES string of the molecule is CC(=O)Nc1cc2c(Nc3ccc(OC(F)(F)F)cc3)c(C#N)cnc2cc1C. The lowest BCUT2D eigenvalue weighted by molar-refractivity contribution is -0.274. The number of ether oxygens (including phenoxy) is 1. The van der Waals surface area contributed by atoms with Crippen molar-refractivity contribution in [2.75, 3.05) is 10.6 Å². The van der Waals surface area contributed by atoms with Crippen molar-refractivity contribution in [3.8, 4) is 11.8 Å². The van der Waals surface area contributed by atoms with Crippen LogP contribution in [0.25, 0.3) is 10.9 Å². The number of pyridine rings is 1. The lowest BCUT2D eigenvalue weighted by atomic mass is 10.1. The van der Waals surface area contributed by atoms with Crippen molar-refractivity contribution in [2.45, 2.75) is 20.2 Å². The average molecular weight is 400 g/mol. The molecule has 0 saturated carbocycles. The van der Waals surface area contributed by atoms with Gasteiger partial charge < -0.3 is 15.4 Å². The number of fused-ring (bicyclic) bond motifs is 1. The third kappa shape index (κ3) is 4.73. The number of benzene rings is 2. The summed E-state index contributed by atoms with van der Waals surface area (Å²) < 4.78 is 40.8. The largest absolute Gasteiger partial charge is 0.573 e. The van der Waals surface area contributed by atoms with Gasteiger partial charge in [0.2, 0.25) is 5.91 Å². The summed E-state index contributed by atoms with van der Waals surface area (Å²) in [5.41, 5.74) is 3.07. The molecule has 0 aliphatic heterocycles. The number of aryl methyl sites for hydroxylation is 1. The lowest BCUT2D eigenvalue weighted by Crippen LogP contribution is -2.16. The second kappa shape index (κ2) is 7.67. The molecule has 0 aliphatic carbocycles. The number of hydrogen-bond donors (Lipinski definition) is 2. The fraction of sp³-hybridized carbons (Fsp3) is 0.150. The molecule has 1 heterocycles. The van der Waals surface area contributed by atoms with E-state index in [4.69, 9.17) is 0 Å². The zero-order chi connectivity index (χ0) is 21.2. The van der Waals surface area contributed by atoms with E-state index in [9.17, 15) is 23.2 Å². The molecule has 0 fully saturated rings. The first-order valence-corrected chi connectivity index (χ1v) is 8.40. The molecule has 6 nitrogen and oxygen atoms in total. The molecular formula is C20H15F3N4O2. The first-order chi connectivity index (χ1) is 13.7. The van der Waals surface area contributed by atoms with Crippen molar-refractivity contribution >= 4 is 33.9 Å². The number of halogens is 3. The Labute approximate surface area is 163 Å². The van der Waals surface area contributed by atoms with Gasteiger partial charge in [0, 0.05) is 29.9 Å². The molecule has 1 amide bonds. The average Bonchev–Trinajstić information content (AvgIpc) is 2.63. The van der Waals surface area contributed by atoms with Gasteiger partial charge in [-0.2, -0.15) is 5.26 Å². The number of amides is 1. The number of alkyl halides is 3. The molecule has 3 aromatic rings. The highest BCUT2D eigenvalue weighted by Gasteiger charge is 2.31. The van der Waals surface area contributed by atoms with Crippen LogP contribution in [0.4, 0.5) is 30.2 Å². The summed E-state index contributed by atoms with van der Waals surface area (Å²) in [6.07, 6.45) is -3.37. The maximum atomic E-state index is 12.3. The fourth-order valence-corrected chi connectivity index (χ4v) is 2.77. The van der Waals surface area contributed by atoms with E-state index in [1.807, 2.05) is 13.0 Å². The minimum Gasteiger partial charge on any atom is -0.406 e. The molecule has 0 spiro atoms. The number of carbonyl (C=O) groups is 1. The highest BCUT2D eigenvalue weighted by atomic mass is 19.4. The third-order valence-electron chi connectivity index (χ3n) is 4.00. The highest BCUT2D eigenvalue weighted by molar-refractivity contribution is 6.00. The van der Waals surface area contributed by atoms with Gasteiger partial charge in [-0.25, -0.2) is 0 Å². The number of nitrogens with zero attached hydrogens (tertiary/aromatic N) is 2. The Bertz CT molecular complexity index is 1120. The van der Waals surface area contributed by atoms with Gasteiger partial charge in [-0.05, 0) is 48.9 Å². The molecule has 148 valence electrons. The van der Waals surface area contributed by atoms with Gasteiger partial charge in [0.05, 0.1) is 16.8 Å². The van der Waals surface area contributed by atoms with Crippen molar-refractivity contribution < 1.29 is 22.7 Å². The van der Waals surface area contributed by atoms with Crippen molar-refractivity contribution in [3.63, 3.8) is 0 Å². The monoisotopic (exact) mass is 400 g/mol. The molecule has 3 rings (SSSR count). The maximum Gasteiger partial charge on any atom is 0.573 e. The molecule has 0 radical (unpaired) electrons. The molecule has 2 aromatic carbocycles. The second-order valence-corrected chi connectivity index (χ2v) is 6.22. The molecule has 9 heteroatoms. The van der Waals surface area contributed by atoms with Crippen LogP contribution in [0.3, 0.4) is 0 Å². The summed E-state index contributed by atoms with van der Waals surface area (Å²) in [5.74, 6) is -0.599. The van der Waals surface area contributed by atoms with Crippen molar-refractivity contribution in [1.82, 2.24) is 4.98 Å². The maximum absolute atomic E-state index is 12.3. The Balaban J connectivity index is 2.03. The van der Waals surface area contributed by atoms with Gasteiger partial charge >= 0.3 is 6.36 Å². The molecule has 0 atom stereocenters. The number of nitriles is 1. The van der Waals surface area contributed by atoms with E-state index in [-0.39, 0.29) is 17.2 Å². The van der Waals surface area contributed by atoms with Crippen LogP contribution in [-0.4, -0.2) is 17.3 Å². The molecule has 0 saturated heterocycles. The lowest BCUT2D eigenvalue weighted by Gasteiger charge is -2.15. The van der Waals surface area contributed by atoms with Gasteiger partial charge in [-0.3, -0.25) is 9.78 Å². The summed E-state index contributed by atoms with van der Waals surface area (Å²) in [4.78, 5) is 15.7. The number of carbonyl (C=O) groups excluding carboxylic acids is 1. The van der Waals surface area contributed by atoms with Gasteiger partial charge in [0.15, 0.2) is 0 Å². The third-order valence-corrected chi connectivity index (χ3v) is 4.00. The van der Waals surface area contributed by atoms with Crippen LogP contribution in [0, 0.1) is 18.3 Å². The van der Waals surface area contributed by atoms with Crippen molar-refractivity contribution in [2.24, 2.45) is 0 Å². The van der Waals surface area contributed by atoms with Gasteiger partial charge in [-0.1, -0.05) is 0 Å². The summed E-state index contributed by atoms with van der Waals surface area (Å²) >= 11 is 0. The van der Waals surface area contributed by atoms with Crippen LogP contribution in [-0.2, 0) is 4.79 Å². The first-order valence-electron chi connectivity index (χ1n) is 8.40. The number of aromatic nitrogens is 1. The standard InChI is InChI=1S/C20H15F3N4O2/c1-11-7-18-16(8-17(11)26-12(2)28)19(13(9-24)10-25-18)27-14-3-5-15(6-4-14)29-20(21,22)23/h3-8,10H,1-2H3,(H,25,27)(H,26,28). The Morgan fingerprint density at radius 3 is 2.48 bits per heavy atom. The van der Waals surface area contributed by atoms with Gasteiger partial charge in [0.1, 0.15) is 11.8 Å². The highest BCUT2D eigenvalue weighted by Crippen LogP contribution is 2.33. The van der Waals surface area contributed by atoms with Crippen molar-refractivity contribution in [3.05, 3.63) is 53.7 Å². The van der Waals surface area contributed by atoms with Crippen LogP contribution in [0.1, 0.15) is 18.1 Å². The number of anilines is 3. The zero-order valence-electron chi connectivity index (χ0n) is 15.4. The molecule has 0 unspecified atom stereocenters. The Hall–Kier alpha value is -3.80. The van der Waals surface area contributed by atoms with E-state index >= 15 is 0 Å². The van der Waals surface area contributed by atoms with Crippen LogP contribution >= 0.6 is 0 Å². The Morgan fingerprint density at radius 1 is 1.21 bits per heavy atom. The number of nitrogens with one attached hydrogen (secondary N) is 2. The molecule has 2 N–H and O–H groups in total. The predicted molar refractivity (Wildman–Crippen MR) is 102 cm³/mol. The zero-order valence-corrected chi connectivity index (χ0v) is 15.4. The van der Waals surface area contributed by atoms with Crippen LogP contribution in [0.2, 0.25) is 0 Å². The summed E-state index contributed by atoms with van der Waals surface area (Å²) in [7, 11) is 0. The van der Waals surface area contributed by atoms with Gasteiger partial charge in [0.25, 0.3) is 0 Å². The smallest absolute Gasteiger partial charge is 0.406 e. The van der Waals surface area contributed by atoms with E-state index < -0.39 is 6.36 Å². The number of rotatable bonds is 4. The van der Waals surface area contributed by atoms with Crippen LogP contribution in [0.15, 0.2) is 42.6 Å². The minimum atomic E-state index is -4.78. The van der Waals surface area contributed by atoms with E-state index in [1.165, 1.54) is 25.3 Å². The first kappa shape index (κ1) is 19.9. The predicted octanol–water partition coefficient (Wildman–Crippen LogP) is 5.02.